The fourth-order valence-electron chi connectivity index (χ4n) is 2.20. The van der Waals surface area contributed by atoms with Crippen molar-refractivity contribution in [2.75, 3.05) is 0 Å². The van der Waals surface area contributed by atoms with Gasteiger partial charge < -0.3 is 9.26 Å². The van der Waals surface area contributed by atoms with Gasteiger partial charge in [-0.3, -0.25) is 0 Å². The first-order valence-electron chi connectivity index (χ1n) is 7.01. The van der Waals surface area contributed by atoms with Gasteiger partial charge in [0.15, 0.2) is 6.61 Å². The van der Waals surface area contributed by atoms with Crippen LogP contribution in [0.25, 0.3) is 11.4 Å². The zero-order valence-corrected chi connectivity index (χ0v) is 14.1. The van der Waals surface area contributed by atoms with E-state index in [2.05, 4.69) is 10.1 Å². The summed E-state index contributed by atoms with van der Waals surface area (Å²) in [7, 11) is 0. The van der Waals surface area contributed by atoms with Crippen molar-refractivity contribution in [2.45, 2.75) is 20.5 Å². The highest BCUT2D eigenvalue weighted by Crippen LogP contribution is 2.27. The molecular formula is C17H14Cl2N2O2. The average molecular weight is 349 g/mol. The molecule has 6 heteroatoms. The molecule has 0 amide bonds. The van der Waals surface area contributed by atoms with Crippen LogP contribution >= 0.6 is 23.2 Å². The molecule has 0 saturated heterocycles. The predicted molar refractivity (Wildman–Crippen MR) is 90.0 cm³/mol. The van der Waals surface area contributed by atoms with Crippen molar-refractivity contribution in [3.8, 4) is 17.1 Å². The fourth-order valence-corrected chi connectivity index (χ4v) is 2.53. The summed E-state index contributed by atoms with van der Waals surface area (Å²) in [6.45, 7) is 4.05. The van der Waals surface area contributed by atoms with E-state index in [1.54, 1.807) is 6.07 Å². The lowest BCUT2D eigenvalue weighted by molar-refractivity contribution is 0.242. The number of aromatic nitrogens is 2. The molecule has 1 heterocycles. The quantitative estimate of drug-likeness (QED) is 0.646. The number of nitrogens with zero attached hydrogens (tertiary/aromatic N) is 2. The second-order valence-corrected chi connectivity index (χ2v) is 5.94. The smallest absolute Gasteiger partial charge is 0.264 e. The zero-order chi connectivity index (χ0) is 16.4. The molecule has 0 bridgehead atoms. The van der Waals surface area contributed by atoms with E-state index in [0.717, 1.165) is 21.7 Å². The molecule has 3 aromatic rings. The largest absolute Gasteiger partial charge is 0.484 e. The van der Waals surface area contributed by atoms with Crippen LogP contribution in [0.3, 0.4) is 0 Å². The van der Waals surface area contributed by atoms with E-state index in [4.69, 9.17) is 32.5 Å². The number of hydrogen-bond donors (Lipinski definition) is 0. The van der Waals surface area contributed by atoms with Gasteiger partial charge in [0.1, 0.15) is 5.75 Å². The molecule has 0 fully saturated rings. The monoisotopic (exact) mass is 348 g/mol. The van der Waals surface area contributed by atoms with E-state index in [9.17, 15) is 0 Å². The highest BCUT2D eigenvalue weighted by molar-refractivity contribution is 6.33. The molecule has 0 aliphatic carbocycles. The summed E-state index contributed by atoms with van der Waals surface area (Å²) < 4.78 is 10.9. The highest BCUT2D eigenvalue weighted by atomic mass is 35.5. The number of rotatable bonds is 4. The minimum Gasteiger partial charge on any atom is -0.484 e. The number of halogens is 2. The third-order valence-electron chi connectivity index (χ3n) is 3.36. The second-order valence-electron chi connectivity index (χ2n) is 5.15. The van der Waals surface area contributed by atoms with Gasteiger partial charge in [-0.1, -0.05) is 40.5 Å². The van der Waals surface area contributed by atoms with Crippen LogP contribution in [-0.4, -0.2) is 10.1 Å². The van der Waals surface area contributed by atoms with Crippen molar-refractivity contribution >= 4 is 23.2 Å². The normalized spacial score (nSPS) is 10.8. The first kappa shape index (κ1) is 15.8. The maximum Gasteiger partial charge on any atom is 0.264 e. The first-order chi connectivity index (χ1) is 11.0. The summed E-state index contributed by atoms with van der Waals surface area (Å²) in [4.78, 5) is 4.31. The molecule has 1 aromatic heterocycles. The third-order valence-corrected chi connectivity index (χ3v) is 4.28. The summed E-state index contributed by atoms with van der Waals surface area (Å²) in [6.07, 6.45) is 0. The number of ether oxygens (including phenoxy) is 1. The molecular weight excluding hydrogens is 335 g/mol. The minimum atomic E-state index is 0.179. The van der Waals surface area contributed by atoms with Crippen molar-refractivity contribution in [1.82, 2.24) is 10.1 Å². The van der Waals surface area contributed by atoms with Gasteiger partial charge in [-0.15, -0.1) is 0 Å². The summed E-state index contributed by atoms with van der Waals surface area (Å²) in [5, 5.41) is 5.26. The van der Waals surface area contributed by atoms with Crippen molar-refractivity contribution in [1.29, 1.82) is 0 Å². The Morgan fingerprint density at radius 1 is 1.09 bits per heavy atom. The van der Waals surface area contributed by atoms with Gasteiger partial charge >= 0.3 is 0 Å². The van der Waals surface area contributed by atoms with Gasteiger partial charge in [-0.25, -0.2) is 0 Å². The van der Waals surface area contributed by atoms with Crippen molar-refractivity contribution in [2.24, 2.45) is 0 Å². The molecule has 0 saturated carbocycles. The van der Waals surface area contributed by atoms with E-state index in [1.807, 2.05) is 44.2 Å². The molecule has 0 aliphatic heterocycles. The van der Waals surface area contributed by atoms with Crippen LogP contribution in [0.1, 0.15) is 17.0 Å². The fraction of sp³-hybridized carbons (Fsp3) is 0.176. The summed E-state index contributed by atoms with van der Waals surface area (Å²) in [5.74, 6) is 1.53. The molecule has 118 valence electrons. The lowest BCUT2D eigenvalue weighted by Gasteiger charge is -2.08. The number of hydrogen-bond acceptors (Lipinski definition) is 4. The van der Waals surface area contributed by atoms with Crippen molar-refractivity contribution in [3.63, 3.8) is 0 Å². The van der Waals surface area contributed by atoms with Crippen LogP contribution in [0.2, 0.25) is 10.0 Å². The molecule has 0 spiro atoms. The van der Waals surface area contributed by atoms with Gasteiger partial charge in [0.25, 0.3) is 5.89 Å². The van der Waals surface area contributed by atoms with Gasteiger partial charge in [-0.2, -0.15) is 4.98 Å². The molecule has 0 atom stereocenters. The molecule has 2 aromatic carbocycles. The molecule has 4 nitrogen and oxygen atoms in total. The molecule has 0 aliphatic rings. The van der Waals surface area contributed by atoms with Crippen LogP contribution in [0.5, 0.6) is 5.75 Å². The third kappa shape index (κ3) is 3.49. The standard InChI is InChI=1S/C17H14Cl2N2O2/c1-10-7-12(8-11(2)16(10)19)22-9-15-20-17(21-23-15)13-5-3-4-6-14(13)18/h3-8H,9H2,1-2H3. The number of aryl methyl sites for hydroxylation is 2. The van der Waals surface area contributed by atoms with Crippen LogP contribution in [0, 0.1) is 13.8 Å². The van der Waals surface area contributed by atoms with Crippen LogP contribution in [0.4, 0.5) is 0 Å². The lowest BCUT2D eigenvalue weighted by atomic mass is 10.1. The van der Waals surface area contributed by atoms with Gasteiger partial charge in [-0.05, 0) is 49.2 Å². The summed E-state index contributed by atoms with van der Waals surface area (Å²) >= 11 is 12.3. The molecule has 0 N–H and O–H groups in total. The molecule has 3 rings (SSSR count). The van der Waals surface area contributed by atoms with E-state index in [1.165, 1.54) is 0 Å². The summed E-state index contributed by atoms with van der Waals surface area (Å²) in [5.41, 5.74) is 2.65. The van der Waals surface area contributed by atoms with E-state index in [0.29, 0.717) is 22.5 Å². The van der Waals surface area contributed by atoms with Crippen molar-refractivity contribution < 1.29 is 9.26 Å². The van der Waals surface area contributed by atoms with Crippen LogP contribution in [0.15, 0.2) is 40.9 Å². The Balaban J connectivity index is 1.74. The Labute approximate surface area is 144 Å². The SMILES string of the molecule is Cc1cc(OCc2nc(-c3ccccc3Cl)no2)cc(C)c1Cl. The van der Waals surface area contributed by atoms with Gasteiger partial charge in [0, 0.05) is 10.6 Å². The first-order valence-corrected chi connectivity index (χ1v) is 7.77. The number of benzene rings is 2. The Kier molecular flexibility index (Phi) is 4.55. The maximum absolute atomic E-state index is 6.14. The minimum absolute atomic E-state index is 0.179. The predicted octanol–water partition coefficient (Wildman–Crippen LogP) is 5.24. The Bertz CT molecular complexity index is 823. The Morgan fingerprint density at radius 3 is 2.48 bits per heavy atom. The van der Waals surface area contributed by atoms with Gasteiger partial charge in [0.05, 0.1) is 5.02 Å². The zero-order valence-electron chi connectivity index (χ0n) is 12.6. The average Bonchev–Trinajstić information content (AvgIpc) is 2.99. The van der Waals surface area contributed by atoms with E-state index >= 15 is 0 Å². The van der Waals surface area contributed by atoms with E-state index in [-0.39, 0.29) is 6.61 Å². The lowest BCUT2D eigenvalue weighted by Crippen LogP contribution is -1.97. The summed E-state index contributed by atoms with van der Waals surface area (Å²) in [6, 6.07) is 11.1. The van der Waals surface area contributed by atoms with Gasteiger partial charge in [0.2, 0.25) is 5.82 Å². The highest BCUT2D eigenvalue weighted by Gasteiger charge is 2.12. The molecule has 0 radical (unpaired) electrons. The van der Waals surface area contributed by atoms with Crippen LogP contribution in [-0.2, 0) is 6.61 Å². The maximum atomic E-state index is 6.14. The van der Waals surface area contributed by atoms with Crippen LogP contribution < -0.4 is 4.74 Å². The van der Waals surface area contributed by atoms with E-state index < -0.39 is 0 Å². The molecule has 23 heavy (non-hydrogen) atoms. The molecule has 0 unspecified atom stereocenters. The topological polar surface area (TPSA) is 48.2 Å². The second kappa shape index (κ2) is 6.60. The Morgan fingerprint density at radius 2 is 1.78 bits per heavy atom. The van der Waals surface area contributed by atoms with Crippen molar-refractivity contribution in [3.05, 3.63) is 63.5 Å². The Hall–Kier alpha value is -2.04.